The Kier molecular flexibility index (Phi) is 6.41. The van der Waals surface area contributed by atoms with E-state index in [-0.39, 0.29) is 18.6 Å². The molecule has 1 aromatic carbocycles. The number of carbonyl (C=O) groups excluding carboxylic acids is 1. The molecule has 1 saturated heterocycles. The van der Waals surface area contributed by atoms with Crippen LogP contribution < -0.4 is 10.2 Å². The molecule has 1 aliphatic rings. The van der Waals surface area contributed by atoms with Crippen LogP contribution in [0.15, 0.2) is 30.5 Å². The number of hydrogen-bond donors (Lipinski definition) is 1. The lowest BCUT2D eigenvalue weighted by Crippen LogP contribution is -2.53. The smallest absolute Gasteiger partial charge is 0.251 e. The third-order valence-corrected chi connectivity index (χ3v) is 4.73. The Morgan fingerprint density at radius 2 is 2.18 bits per heavy atom. The summed E-state index contributed by atoms with van der Waals surface area (Å²) in [7, 11) is 3.04. The normalized spacial score (nSPS) is 19.6. The van der Waals surface area contributed by atoms with E-state index in [0.29, 0.717) is 24.2 Å². The highest BCUT2D eigenvalue weighted by Crippen LogP contribution is 2.30. The van der Waals surface area contributed by atoms with Crippen LogP contribution >= 0.6 is 0 Å². The van der Waals surface area contributed by atoms with Gasteiger partial charge in [-0.1, -0.05) is 0 Å². The van der Waals surface area contributed by atoms with Gasteiger partial charge < -0.3 is 24.4 Å². The van der Waals surface area contributed by atoms with Crippen molar-refractivity contribution in [2.75, 3.05) is 38.8 Å². The second-order valence-electron chi connectivity index (χ2n) is 6.63. The summed E-state index contributed by atoms with van der Waals surface area (Å²) in [5.74, 6) is -0.216. The predicted octanol–water partition coefficient (Wildman–Crippen LogP) is 1.44. The zero-order chi connectivity index (χ0) is 20.1. The van der Waals surface area contributed by atoms with Gasteiger partial charge in [0.15, 0.2) is 12.4 Å². The number of methoxy groups -OCH3 is 2. The van der Waals surface area contributed by atoms with Gasteiger partial charge in [-0.15, -0.1) is 0 Å². The fourth-order valence-corrected chi connectivity index (χ4v) is 3.38. The number of anilines is 1. The Bertz CT molecular complexity index is 878. The Balaban J connectivity index is 1.81. The summed E-state index contributed by atoms with van der Waals surface area (Å²) in [6.07, 6.45) is 0.412. The summed E-state index contributed by atoms with van der Waals surface area (Å²) in [6, 6.07) is 9.63. The zero-order valence-electron chi connectivity index (χ0n) is 16.2. The maximum absolute atomic E-state index is 12.6. The quantitative estimate of drug-likeness (QED) is 0.753. The molecule has 0 spiro atoms. The molecule has 148 valence electrons. The van der Waals surface area contributed by atoms with E-state index >= 15 is 0 Å². The van der Waals surface area contributed by atoms with E-state index in [1.165, 1.54) is 14.2 Å². The number of nitrogens with one attached hydrogen (secondary N) is 1. The van der Waals surface area contributed by atoms with Gasteiger partial charge in [-0.3, -0.25) is 9.78 Å². The van der Waals surface area contributed by atoms with Crippen molar-refractivity contribution in [2.45, 2.75) is 25.4 Å². The van der Waals surface area contributed by atoms with Crippen molar-refractivity contribution in [3.05, 3.63) is 36.0 Å². The largest absolute Gasteiger partial charge is 0.365 e. The number of aromatic nitrogens is 1. The zero-order valence-corrected chi connectivity index (χ0v) is 16.2. The third kappa shape index (κ3) is 4.22. The molecule has 1 aromatic heterocycles. The summed E-state index contributed by atoms with van der Waals surface area (Å²) in [5, 5.41) is 13.0. The van der Waals surface area contributed by atoms with Crippen LogP contribution in [0.25, 0.3) is 10.9 Å². The second kappa shape index (κ2) is 8.97. The van der Waals surface area contributed by atoms with Gasteiger partial charge in [0.25, 0.3) is 5.91 Å². The predicted molar refractivity (Wildman–Crippen MR) is 104 cm³/mol. The first-order chi connectivity index (χ1) is 13.6. The lowest BCUT2D eigenvalue weighted by molar-refractivity contribution is -0.141. The first kappa shape index (κ1) is 20.0. The van der Waals surface area contributed by atoms with Crippen molar-refractivity contribution in [2.24, 2.45) is 0 Å². The van der Waals surface area contributed by atoms with Gasteiger partial charge in [0.1, 0.15) is 6.07 Å². The Hall–Kier alpha value is -2.73. The molecule has 0 saturated carbocycles. The van der Waals surface area contributed by atoms with E-state index in [2.05, 4.69) is 21.3 Å². The lowest BCUT2D eigenvalue weighted by Gasteiger charge is -2.38. The van der Waals surface area contributed by atoms with Crippen LogP contribution in [0.3, 0.4) is 0 Å². The molecule has 0 unspecified atom stereocenters. The van der Waals surface area contributed by atoms with Crippen molar-refractivity contribution in [1.82, 2.24) is 10.3 Å². The number of pyridine rings is 1. The summed E-state index contributed by atoms with van der Waals surface area (Å²) in [4.78, 5) is 19.1. The van der Waals surface area contributed by atoms with Gasteiger partial charge in [-0.05, 0) is 31.2 Å². The number of hydrogen-bond acceptors (Lipinski definition) is 7. The molecular formula is C20H24N4O4. The number of ether oxygens (including phenoxy) is 3. The average molecular weight is 384 g/mol. The molecule has 0 aliphatic carbocycles. The van der Waals surface area contributed by atoms with Gasteiger partial charge in [0.05, 0.1) is 30.3 Å². The van der Waals surface area contributed by atoms with Gasteiger partial charge in [-0.2, -0.15) is 5.26 Å². The van der Waals surface area contributed by atoms with Crippen LogP contribution in [0.5, 0.6) is 0 Å². The molecule has 1 amide bonds. The average Bonchev–Trinajstić information content (AvgIpc) is 2.73. The molecule has 8 heteroatoms. The van der Waals surface area contributed by atoms with Gasteiger partial charge in [0.2, 0.25) is 0 Å². The molecule has 2 atom stereocenters. The molecule has 0 bridgehead atoms. The topological polar surface area (TPSA) is 96.7 Å². The van der Waals surface area contributed by atoms with Crippen molar-refractivity contribution in [3.8, 4) is 6.07 Å². The van der Waals surface area contributed by atoms with E-state index in [0.717, 1.165) is 11.1 Å². The van der Waals surface area contributed by atoms with Crippen LogP contribution in [-0.4, -0.2) is 63.2 Å². The fraction of sp³-hybridized carbons (Fsp3) is 0.450. The molecule has 2 aromatic rings. The first-order valence-electron chi connectivity index (χ1n) is 9.09. The fourth-order valence-electron chi connectivity index (χ4n) is 3.38. The van der Waals surface area contributed by atoms with Crippen molar-refractivity contribution >= 4 is 22.5 Å². The summed E-state index contributed by atoms with van der Waals surface area (Å²) < 4.78 is 16.0. The van der Waals surface area contributed by atoms with E-state index in [4.69, 9.17) is 14.2 Å². The van der Waals surface area contributed by atoms with Crippen molar-refractivity contribution in [3.63, 3.8) is 0 Å². The van der Waals surface area contributed by atoms with Gasteiger partial charge >= 0.3 is 0 Å². The minimum absolute atomic E-state index is 0.132. The maximum atomic E-state index is 12.6. The van der Waals surface area contributed by atoms with Crippen LogP contribution in [0.1, 0.15) is 12.5 Å². The molecule has 28 heavy (non-hydrogen) atoms. The van der Waals surface area contributed by atoms with Crippen LogP contribution in [-0.2, 0) is 19.0 Å². The molecular weight excluding hydrogens is 360 g/mol. The summed E-state index contributed by atoms with van der Waals surface area (Å²) in [5.41, 5.74) is 2.12. The summed E-state index contributed by atoms with van der Waals surface area (Å²) in [6.45, 7) is 3.21. The highest BCUT2D eigenvalue weighted by Gasteiger charge is 2.31. The minimum Gasteiger partial charge on any atom is -0.365 e. The van der Waals surface area contributed by atoms with Crippen LogP contribution in [0.4, 0.5) is 5.69 Å². The number of fused-ring (bicyclic) bond motifs is 1. The highest BCUT2D eigenvalue weighted by molar-refractivity contribution is 5.95. The second-order valence-corrected chi connectivity index (χ2v) is 6.63. The number of nitrogens with zero attached hydrogens (tertiary/aromatic N) is 3. The van der Waals surface area contributed by atoms with E-state index in [1.807, 2.05) is 25.1 Å². The highest BCUT2D eigenvalue weighted by atomic mass is 16.7. The monoisotopic (exact) mass is 384 g/mol. The van der Waals surface area contributed by atoms with Crippen LogP contribution in [0, 0.1) is 11.3 Å². The Morgan fingerprint density at radius 1 is 1.39 bits per heavy atom. The van der Waals surface area contributed by atoms with E-state index in [1.54, 1.807) is 12.3 Å². The number of carbonyl (C=O) groups is 1. The van der Waals surface area contributed by atoms with Gasteiger partial charge in [-0.25, -0.2) is 0 Å². The van der Waals surface area contributed by atoms with Gasteiger partial charge in [0, 0.05) is 38.0 Å². The minimum atomic E-state index is -0.625. The van der Waals surface area contributed by atoms with Crippen LogP contribution in [0.2, 0.25) is 0 Å². The summed E-state index contributed by atoms with van der Waals surface area (Å²) >= 11 is 0. The van der Waals surface area contributed by atoms with Crippen molar-refractivity contribution < 1.29 is 19.0 Å². The van der Waals surface area contributed by atoms with Crippen molar-refractivity contribution in [1.29, 1.82) is 5.26 Å². The number of benzene rings is 1. The SMILES string of the molecule is COC(CNC(=O)[C@H]1CN(c2ccc(C#N)c3ncccc23)C[C@@H](C)O1)OC. The molecule has 1 aliphatic heterocycles. The molecule has 8 nitrogen and oxygen atoms in total. The molecule has 1 fully saturated rings. The van der Waals surface area contributed by atoms with E-state index in [9.17, 15) is 10.1 Å². The Labute approximate surface area is 164 Å². The maximum Gasteiger partial charge on any atom is 0.251 e. The lowest BCUT2D eigenvalue weighted by atomic mass is 10.1. The molecule has 1 N–H and O–H groups in total. The third-order valence-electron chi connectivity index (χ3n) is 4.73. The standard InChI is InChI=1S/C20H24N4O4/c1-13-11-24(12-17(28-13)20(25)23-10-18(26-2)27-3)16-7-6-14(9-21)19-15(16)5-4-8-22-19/h4-8,13,17-18H,10-12H2,1-3H3,(H,23,25)/t13-,17-/m1/s1. The first-order valence-corrected chi connectivity index (χ1v) is 9.09. The number of morpholine rings is 1. The number of amides is 1. The number of nitriles is 1. The molecule has 3 rings (SSSR count). The van der Waals surface area contributed by atoms with E-state index < -0.39 is 12.4 Å². The molecule has 0 radical (unpaired) electrons. The Morgan fingerprint density at radius 3 is 2.89 bits per heavy atom. The molecule has 2 heterocycles. The number of rotatable bonds is 6.